The monoisotopic (exact) mass is 392 g/mol. The first-order valence-electron chi connectivity index (χ1n) is 7.32. The molecule has 2 aliphatic rings. The Morgan fingerprint density at radius 2 is 2.13 bits per heavy atom. The van der Waals surface area contributed by atoms with Crippen LogP contribution < -0.4 is 15.0 Å². The van der Waals surface area contributed by atoms with Crippen molar-refractivity contribution in [1.29, 1.82) is 0 Å². The van der Waals surface area contributed by atoms with Gasteiger partial charge in [0.25, 0.3) is 0 Å². The van der Waals surface area contributed by atoms with Crippen LogP contribution in [0.15, 0.2) is 46.9 Å². The first-order valence-corrected chi connectivity index (χ1v) is 8.52. The van der Waals surface area contributed by atoms with E-state index in [0.717, 1.165) is 15.8 Å². The van der Waals surface area contributed by atoms with Gasteiger partial charge in [-0.3, -0.25) is 4.90 Å². The molecular formula is C17H14BrFN2OS. The number of thiocarbonyl (C=S) groups is 1. The van der Waals surface area contributed by atoms with E-state index in [1.54, 1.807) is 23.1 Å². The second kappa shape index (κ2) is 5.18. The quantitative estimate of drug-likeness (QED) is 0.720. The van der Waals surface area contributed by atoms with Gasteiger partial charge in [0.2, 0.25) is 0 Å². The number of hydrogen-bond donors (Lipinski definition) is 1. The average Bonchev–Trinajstić information content (AvgIpc) is 2.49. The van der Waals surface area contributed by atoms with Gasteiger partial charge >= 0.3 is 0 Å². The molecule has 118 valence electrons. The molecule has 1 N–H and O–H groups in total. The molecule has 23 heavy (non-hydrogen) atoms. The topological polar surface area (TPSA) is 24.5 Å². The number of fused-ring (bicyclic) bond motifs is 4. The molecule has 2 heterocycles. The van der Waals surface area contributed by atoms with E-state index in [-0.39, 0.29) is 11.9 Å². The van der Waals surface area contributed by atoms with E-state index >= 15 is 0 Å². The number of anilines is 1. The van der Waals surface area contributed by atoms with Crippen LogP contribution in [0.4, 0.5) is 10.1 Å². The fourth-order valence-electron chi connectivity index (χ4n) is 3.34. The molecule has 2 unspecified atom stereocenters. The van der Waals surface area contributed by atoms with E-state index in [0.29, 0.717) is 17.2 Å². The van der Waals surface area contributed by atoms with Gasteiger partial charge in [-0.1, -0.05) is 28.1 Å². The number of nitrogens with one attached hydrogen (secondary N) is 1. The lowest BCUT2D eigenvalue weighted by Gasteiger charge is -2.52. The summed E-state index contributed by atoms with van der Waals surface area (Å²) in [4.78, 5) is 1.74. The third-order valence-corrected chi connectivity index (χ3v) is 5.12. The van der Waals surface area contributed by atoms with Crippen molar-refractivity contribution in [2.45, 2.75) is 25.1 Å². The molecule has 4 rings (SSSR count). The second-order valence-corrected chi connectivity index (χ2v) is 7.25. The molecule has 0 aromatic heterocycles. The van der Waals surface area contributed by atoms with Gasteiger partial charge in [-0.25, -0.2) is 4.39 Å². The largest absolute Gasteiger partial charge is 0.467 e. The molecular weight excluding hydrogens is 379 g/mol. The molecule has 0 aliphatic carbocycles. The minimum atomic E-state index is -0.726. The Morgan fingerprint density at radius 1 is 1.35 bits per heavy atom. The number of benzene rings is 2. The lowest BCUT2D eigenvalue weighted by atomic mass is 9.90. The summed E-state index contributed by atoms with van der Waals surface area (Å²) in [5.74, 6) is 0.477. The Hall–Kier alpha value is -1.66. The highest BCUT2D eigenvalue weighted by Crippen LogP contribution is 2.46. The summed E-state index contributed by atoms with van der Waals surface area (Å²) < 4.78 is 21.5. The molecule has 2 aromatic rings. The van der Waals surface area contributed by atoms with Crippen LogP contribution in [0.3, 0.4) is 0 Å². The third-order valence-electron chi connectivity index (χ3n) is 4.33. The van der Waals surface area contributed by atoms with Gasteiger partial charge in [-0.15, -0.1) is 0 Å². The zero-order valence-corrected chi connectivity index (χ0v) is 14.7. The SMILES string of the molecule is CC12CC(NC(=S)N1c1ccccc1F)c1cc(Br)ccc1O2. The van der Waals surface area contributed by atoms with Crippen LogP contribution in [-0.2, 0) is 0 Å². The van der Waals surface area contributed by atoms with E-state index in [1.807, 2.05) is 25.1 Å². The molecule has 1 fully saturated rings. The average molecular weight is 393 g/mol. The van der Waals surface area contributed by atoms with E-state index in [9.17, 15) is 4.39 Å². The number of ether oxygens (including phenoxy) is 1. The highest BCUT2D eigenvalue weighted by atomic mass is 79.9. The molecule has 2 atom stereocenters. The number of para-hydroxylation sites is 1. The summed E-state index contributed by atoms with van der Waals surface area (Å²) >= 11 is 9.00. The third kappa shape index (κ3) is 2.32. The number of hydrogen-bond acceptors (Lipinski definition) is 2. The summed E-state index contributed by atoms with van der Waals surface area (Å²) in [6.45, 7) is 1.95. The lowest BCUT2D eigenvalue weighted by molar-refractivity contribution is 0.0492. The zero-order valence-electron chi connectivity index (χ0n) is 12.3. The van der Waals surface area contributed by atoms with Crippen LogP contribution in [0.25, 0.3) is 0 Å². The van der Waals surface area contributed by atoms with E-state index in [2.05, 4.69) is 21.2 Å². The van der Waals surface area contributed by atoms with Crippen LogP contribution in [0.5, 0.6) is 5.75 Å². The van der Waals surface area contributed by atoms with Gasteiger partial charge in [-0.2, -0.15) is 0 Å². The molecule has 2 aromatic carbocycles. The summed E-state index contributed by atoms with van der Waals surface area (Å²) in [7, 11) is 0. The number of rotatable bonds is 1. The molecule has 3 nitrogen and oxygen atoms in total. The van der Waals surface area contributed by atoms with Crippen molar-refractivity contribution in [3.8, 4) is 5.75 Å². The smallest absolute Gasteiger partial charge is 0.188 e. The van der Waals surface area contributed by atoms with E-state index < -0.39 is 5.72 Å². The fraction of sp³-hybridized carbons (Fsp3) is 0.235. The molecule has 6 heteroatoms. The van der Waals surface area contributed by atoms with Crippen LogP contribution in [0, 0.1) is 5.82 Å². The van der Waals surface area contributed by atoms with Crippen molar-refractivity contribution >= 4 is 38.9 Å². The van der Waals surface area contributed by atoms with Gasteiger partial charge < -0.3 is 10.1 Å². The van der Waals surface area contributed by atoms with E-state index in [1.165, 1.54) is 6.07 Å². The van der Waals surface area contributed by atoms with Crippen molar-refractivity contribution < 1.29 is 9.13 Å². The Bertz CT molecular complexity index is 815. The first-order chi connectivity index (χ1) is 11.0. The van der Waals surface area contributed by atoms with Crippen molar-refractivity contribution in [2.24, 2.45) is 0 Å². The Morgan fingerprint density at radius 3 is 2.91 bits per heavy atom. The van der Waals surface area contributed by atoms with Gasteiger partial charge in [0.05, 0.1) is 11.7 Å². The normalized spacial score (nSPS) is 25.4. The molecule has 2 bridgehead atoms. The standard InChI is InChI=1S/C17H14BrFN2OS/c1-17-9-13(11-8-10(18)6-7-15(11)22-17)20-16(23)21(17)14-5-3-2-4-12(14)19/h2-8,13H,9H2,1H3,(H,20,23). The number of nitrogens with zero attached hydrogens (tertiary/aromatic N) is 1. The summed E-state index contributed by atoms with van der Waals surface area (Å²) in [5.41, 5.74) is 0.759. The second-order valence-electron chi connectivity index (χ2n) is 5.95. The fourth-order valence-corrected chi connectivity index (χ4v) is 4.16. The molecule has 2 aliphatic heterocycles. The maximum Gasteiger partial charge on any atom is 0.188 e. The van der Waals surface area contributed by atoms with Crippen molar-refractivity contribution in [1.82, 2.24) is 5.32 Å². The Labute approximate surface area is 147 Å². The molecule has 1 saturated heterocycles. The zero-order chi connectivity index (χ0) is 16.2. The predicted molar refractivity (Wildman–Crippen MR) is 95.1 cm³/mol. The predicted octanol–water partition coefficient (Wildman–Crippen LogP) is 4.52. The molecule has 0 spiro atoms. The van der Waals surface area contributed by atoms with Crippen LogP contribution in [0.2, 0.25) is 0 Å². The minimum absolute atomic E-state index is 0.0526. The summed E-state index contributed by atoms with van der Waals surface area (Å²) in [5, 5.41) is 3.79. The maximum atomic E-state index is 14.3. The van der Waals surface area contributed by atoms with Gasteiger partial charge in [-0.05, 0) is 49.5 Å². The first kappa shape index (κ1) is 14.9. The van der Waals surface area contributed by atoms with Crippen LogP contribution >= 0.6 is 28.1 Å². The van der Waals surface area contributed by atoms with Gasteiger partial charge in [0.15, 0.2) is 10.8 Å². The highest BCUT2D eigenvalue weighted by Gasteiger charge is 2.48. The van der Waals surface area contributed by atoms with Gasteiger partial charge in [0.1, 0.15) is 11.6 Å². The molecule has 0 radical (unpaired) electrons. The van der Waals surface area contributed by atoms with Crippen LogP contribution in [-0.4, -0.2) is 10.8 Å². The molecule has 0 amide bonds. The summed E-state index contributed by atoms with van der Waals surface area (Å²) in [6, 6.07) is 12.6. The lowest BCUT2D eigenvalue weighted by Crippen LogP contribution is -2.65. The summed E-state index contributed by atoms with van der Waals surface area (Å²) in [6.07, 6.45) is 0.672. The Balaban J connectivity index is 1.83. The highest BCUT2D eigenvalue weighted by molar-refractivity contribution is 9.10. The van der Waals surface area contributed by atoms with E-state index in [4.69, 9.17) is 17.0 Å². The molecule has 0 saturated carbocycles. The number of halogens is 2. The van der Waals surface area contributed by atoms with Gasteiger partial charge in [0, 0.05) is 16.5 Å². The van der Waals surface area contributed by atoms with Crippen molar-refractivity contribution in [3.63, 3.8) is 0 Å². The minimum Gasteiger partial charge on any atom is -0.467 e. The maximum absolute atomic E-state index is 14.3. The van der Waals surface area contributed by atoms with Crippen LogP contribution in [0.1, 0.15) is 24.9 Å². The Kier molecular flexibility index (Phi) is 3.35. The van der Waals surface area contributed by atoms with Crippen molar-refractivity contribution in [3.05, 3.63) is 58.3 Å². The van der Waals surface area contributed by atoms with Crippen molar-refractivity contribution in [2.75, 3.05) is 4.90 Å².